The molecule has 2 fully saturated rings. The first kappa shape index (κ1) is 22.0. The van der Waals surface area contributed by atoms with Gasteiger partial charge < -0.3 is 9.64 Å². The van der Waals surface area contributed by atoms with Gasteiger partial charge in [-0.1, -0.05) is 6.92 Å². The highest BCUT2D eigenvalue weighted by Crippen LogP contribution is 2.49. The van der Waals surface area contributed by atoms with E-state index < -0.39 is 15.7 Å². The molecule has 1 aromatic carbocycles. The first-order valence-corrected chi connectivity index (χ1v) is 12.9. The molecule has 2 atom stereocenters. The summed E-state index contributed by atoms with van der Waals surface area (Å²) < 4.78 is 42.7. The molecule has 8 heteroatoms. The molecule has 0 unspecified atom stereocenters. The number of hydrogen-bond acceptors (Lipinski definition) is 6. The maximum absolute atomic E-state index is 14.1. The molecule has 1 saturated heterocycles. The lowest BCUT2D eigenvalue weighted by Crippen LogP contribution is -2.35. The number of nitrogens with zero attached hydrogens (tertiary/aromatic N) is 3. The van der Waals surface area contributed by atoms with Crippen LogP contribution in [0.25, 0.3) is 0 Å². The molecule has 2 aromatic rings. The standard InChI is InChI=1S/C23H30FN3O3S/c1-3-16-14-25-23(26-15-16)27-9-6-17(7-10-27)20-12-18(20)8-11-30-22-5-4-19(13-21(22)24)31(2,28)29/h4-5,13-15,17-18,20H,3,6-12H2,1-2H3/t18-,20+/m0/s1. The fraction of sp³-hybridized carbons (Fsp3) is 0.565. The summed E-state index contributed by atoms with van der Waals surface area (Å²) in [4.78, 5) is 11.3. The average molecular weight is 448 g/mol. The van der Waals surface area contributed by atoms with Crippen LogP contribution in [0.4, 0.5) is 10.3 Å². The first-order valence-electron chi connectivity index (χ1n) is 11.0. The lowest BCUT2D eigenvalue weighted by atomic mass is 9.90. The van der Waals surface area contributed by atoms with E-state index in [0.717, 1.165) is 74.4 Å². The van der Waals surface area contributed by atoms with Crippen LogP contribution in [0, 0.1) is 23.6 Å². The van der Waals surface area contributed by atoms with E-state index in [1.807, 2.05) is 12.4 Å². The smallest absolute Gasteiger partial charge is 0.225 e. The van der Waals surface area contributed by atoms with Crippen molar-refractivity contribution < 1.29 is 17.5 Å². The van der Waals surface area contributed by atoms with Crippen molar-refractivity contribution >= 4 is 15.8 Å². The Labute approximate surface area is 183 Å². The molecule has 2 aliphatic rings. The second-order valence-electron chi connectivity index (χ2n) is 8.73. The number of halogens is 1. The summed E-state index contributed by atoms with van der Waals surface area (Å²) >= 11 is 0. The number of piperidine rings is 1. The van der Waals surface area contributed by atoms with Gasteiger partial charge in [-0.15, -0.1) is 0 Å². The third kappa shape index (κ3) is 5.34. The van der Waals surface area contributed by atoms with E-state index in [9.17, 15) is 12.8 Å². The number of rotatable bonds is 8. The van der Waals surface area contributed by atoms with E-state index >= 15 is 0 Å². The van der Waals surface area contributed by atoms with Crippen molar-refractivity contribution in [3.8, 4) is 5.75 Å². The highest BCUT2D eigenvalue weighted by molar-refractivity contribution is 7.90. The summed E-state index contributed by atoms with van der Waals surface area (Å²) in [6, 6.07) is 3.82. The summed E-state index contributed by atoms with van der Waals surface area (Å²) in [5.41, 5.74) is 1.16. The van der Waals surface area contributed by atoms with E-state index in [2.05, 4.69) is 21.8 Å². The number of sulfone groups is 1. The van der Waals surface area contributed by atoms with Crippen molar-refractivity contribution in [3.63, 3.8) is 0 Å². The van der Waals surface area contributed by atoms with E-state index in [-0.39, 0.29) is 10.6 Å². The zero-order valence-electron chi connectivity index (χ0n) is 18.1. The number of hydrogen-bond donors (Lipinski definition) is 0. The molecule has 0 N–H and O–H groups in total. The van der Waals surface area contributed by atoms with Gasteiger partial charge in [0.1, 0.15) is 0 Å². The Kier molecular flexibility index (Phi) is 6.46. The molecule has 168 valence electrons. The largest absolute Gasteiger partial charge is 0.491 e. The molecule has 31 heavy (non-hydrogen) atoms. The maximum Gasteiger partial charge on any atom is 0.225 e. The number of aryl methyl sites for hydroxylation is 1. The van der Waals surface area contributed by atoms with Gasteiger partial charge in [0, 0.05) is 31.7 Å². The fourth-order valence-electron chi connectivity index (χ4n) is 4.55. The van der Waals surface area contributed by atoms with Crippen LogP contribution in [0.3, 0.4) is 0 Å². The molecule has 0 amide bonds. The number of ether oxygens (including phenoxy) is 1. The first-order chi connectivity index (χ1) is 14.8. The normalized spacial score (nSPS) is 21.8. The zero-order chi connectivity index (χ0) is 22.0. The second kappa shape index (κ2) is 9.10. The zero-order valence-corrected chi connectivity index (χ0v) is 18.9. The van der Waals surface area contributed by atoms with E-state index in [1.165, 1.54) is 18.6 Å². The van der Waals surface area contributed by atoms with Crippen molar-refractivity contribution in [2.75, 3.05) is 30.9 Å². The number of aromatic nitrogens is 2. The Hall–Kier alpha value is -2.22. The molecule has 1 saturated carbocycles. The molecule has 1 aliphatic carbocycles. The van der Waals surface area contributed by atoms with Gasteiger partial charge in [0.2, 0.25) is 5.95 Å². The van der Waals surface area contributed by atoms with Gasteiger partial charge in [0.25, 0.3) is 0 Å². The SMILES string of the molecule is CCc1cnc(N2CCC([C@H]3C[C@@H]3CCOc3ccc(S(C)(=O)=O)cc3F)CC2)nc1. The Morgan fingerprint density at radius 2 is 1.90 bits per heavy atom. The van der Waals surface area contributed by atoms with Crippen LogP contribution in [0.15, 0.2) is 35.5 Å². The van der Waals surface area contributed by atoms with Crippen LogP contribution in [0.2, 0.25) is 0 Å². The third-order valence-electron chi connectivity index (χ3n) is 6.58. The monoisotopic (exact) mass is 447 g/mol. The van der Waals surface area contributed by atoms with Gasteiger partial charge in [0.05, 0.1) is 11.5 Å². The van der Waals surface area contributed by atoms with E-state index in [4.69, 9.17) is 4.74 Å². The lowest BCUT2D eigenvalue weighted by Gasteiger charge is -2.32. The minimum atomic E-state index is -3.42. The highest BCUT2D eigenvalue weighted by atomic mass is 32.2. The molecule has 0 radical (unpaired) electrons. The van der Waals surface area contributed by atoms with Gasteiger partial charge in [-0.25, -0.2) is 22.8 Å². The summed E-state index contributed by atoms with van der Waals surface area (Å²) in [6.07, 6.45) is 10.3. The van der Waals surface area contributed by atoms with Gasteiger partial charge in [-0.2, -0.15) is 0 Å². The average Bonchev–Trinajstić information content (AvgIpc) is 3.54. The van der Waals surface area contributed by atoms with Crippen molar-refractivity contribution in [2.24, 2.45) is 17.8 Å². The predicted octanol–water partition coefficient (Wildman–Crippen LogP) is 3.90. The lowest BCUT2D eigenvalue weighted by molar-refractivity contribution is 0.273. The number of benzene rings is 1. The Balaban J connectivity index is 1.20. The van der Waals surface area contributed by atoms with Crippen LogP contribution < -0.4 is 9.64 Å². The quantitative estimate of drug-likeness (QED) is 0.611. The van der Waals surface area contributed by atoms with Crippen molar-refractivity contribution in [1.29, 1.82) is 0 Å². The molecule has 1 aromatic heterocycles. The predicted molar refractivity (Wildman–Crippen MR) is 118 cm³/mol. The van der Waals surface area contributed by atoms with Crippen LogP contribution in [-0.2, 0) is 16.3 Å². The van der Waals surface area contributed by atoms with Gasteiger partial charge >= 0.3 is 0 Å². The third-order valence-corrected chi connectivity index (χ3v) is 7.69. The van der Waals surface area contributed by atoms with Gasteiger partial charge in [-0.05, 0) is 73.6 Å². The molecular formula is C23H30FN3O3S. The maximum atomic E-state index is 14.1. The number of anilines is 1. The van der Waals surface area contributed by atoms with Crippen LogP contribution >= 0.6 is 0 Å². The van der Waals surface area contributed by atoms with Crippen LogP contribution in [0.5, 0.6) is 5.75 Å². The van der Waals surface area contributed by atoms with Crippen LogP contribution in [-0.4, -0.2) is 44.3 Å². The summed E-state index contributed by atoms with van der Waals surface area (Å²) in [5, 5.41) is 0. The molecule has 4 rings (SSSR count). The Morgan fingerprint density at radius 3 is 2.52 bits per heavy atom. The van der Waals surface area contributed by atoms with Crippen molar-refractivity contribution in [1.82, 2.24) is 9.97 Å². The Morgan fingerprint density at radius 1 is 1.19 bits per heavy atom. The minimum Gasteiger partial charge on any atom is -0.491 e. The van der Waals surface area contributed by atoms with Gasteiger partial charge in [0.15, 0.2) is 21.4 Å². The topological polar surface area (TPSA) is 72.4 Å². The highest BCUT2D eigenvalue weighted by Gasteiger charge is 2.43. The van der Waals surface area contributed by atoms with E-state index in [0.29, 0.717) is 12.5 Å². The summed E-state index contributed by atoms with van der Waals surface area (Å²) in [5.74, 6) is 2.41. The van der Waals surface area contributed by atoms with Gasteiger partial charge in [-0.3, -0.25) is 0 Å². The molecule has 0 spiro atoms. The van der Waals surface area contributed by atoms with E-state index in [1.54, 1.807) is 0 Å². The second-order valence-corrected chi connectivity index (χ2v) is 10.7. The fourth-order valence-corrected chi connectivity index (χ4v) is 5.18. The Bertz CT molecular complexity index is 1010. The molecule has 1 aliphatic heterocycles. The minimum absolute atomic E-state index is 0.0299. The molecule has 2 heterocycles. The molecule has 0 bridgehead atoms. The van der Waals surface area contributed by atoms with Crippen molar-refractivity contribution in [3.05, 3.63) is 42.0 Å². The van der Waals surface area contributed by atoms with Crippen LogP contribution in [0.1, 0.15) is 38.2 Å². The van der Waals surface area contributed by atoms with Crippen molar-refractivity contribution in [2.45, 2.75) is 43.9 Å². The molecular weight excluding hydrogens is 417 g/mol. The summed E-state index contributed by atoms with van der Waals surface area (Å²) in [7, 11) is -3.42. The molecule has 6 nitrogen and oxygen atoms in total. The summed E-state index contributed by atoms with van der Waals surface area (Å²) in [6.45, 7) is 4.54.